The van der Waals surface area contributed by atoms with Crippen LogP contribution in [0.1, 0.15) is 24.3 Å². The summed E-state index contributed by atoms with van der Waals surface area (Å²) in [6, 6.07) is 1.39. The second kappa shape index (κ2) is 5.19. The molecule has 1 fully saturated rings. The number of carbonyl (C=O) groups is 2. The third-order valence-corrected chi connectivity index (χ3v) is 5.59. The van der Waals surface area contributed by atoms with Crippen molar-refractivity contribution in [3.8, 4) is 0 Å². The van der Waals surface area contributed by atoms with E-state index in [9.17, 15) is 14.7 Å². The summed E-state index contributed by atoms with van der Waals surface area (Å²) in [6.45, 7) is 2.35. The first-order valence-corrected chi connectivity index (χ1v) is 7.41. The van der Waals surface area contributed by atoms with Gasteiger partial charge in [-0.2, -0.15) is 0 Å². The van der Waals surface area contributed by atoms with Crippen molar-refractivity contribution in [1.29, 1.82) is 0 Å². The Bertz CT molecular complexity index is 485. The number of aliphatic carboxylic acids is 1. The molecule has 2 heterocycles. The van der Waals surface area contributed by atoms with Gasteiger partial charge in [0.1, 0.15) is 4.34 Å². The van der Waals surface area contributed by atoms with Crippen molar-refractivity contribution >= 4 is 50.7 Å². The summed E-state index contributed by atoms with van der Waals surface area (Å²) in [4.78, 5) is 25.5. The van der Waals surface area contributed by atoms with Crippen LogP contribution in [-0.4, -0.2) is 28.4 Å². The number of carboxylic acids is 1. The van der Waals surface area contributed by atoms with Crippen LogP contribution in [0.3, 0.4) is 0 Å². The standard InChI is InChI=1S/C11H11BrClNO3S/c1-2-14-8(15)3-5(11(16)17)9(14)7-4-6(12)10(13)18-7/h4-5,9H,2-3H2,1H3,(H,16,17). The largest absolute Gasteiger partial charge is 0.481 e. The molecule has 0 aromatic carbocycles. The van der Waals surface area contributed by atoms with Gasteiger partial charge in [0.15, 0.2) is 0 Å². The van der Waals surface area contributed by atoms with Gasteiger partial charge in [0.05, 0.1) is 12.0 Å². The molecule has 1 amide bonds. The predicted molar refractivity (Wildman–Crippen MR) is 72.9 cm³/mol. The number of carboxylic acid groups (broad SMARTS) is 1. The van der Waals surface area contributed by atoms with Gasteiger partial charge in [-0.3, -0.25) is 9.59 Å². The molecule has 2 atom stereocenters. The minimum Gasteiger partial charge on any atom is -0.481 e. The quantitative estimate of drug-likeness (QED) is 0.909. The number of thiophene rings is 1. The number of hydrogen-bond donors (Lipinski definition) is 1. The van der Waals surface area contributed by atoms with Gasteiger partial charge >= 0.3 is 5.97 Å². The third-order valence-electron chi connectivity index (χ3n) is 3.05. The zero-order valence-electron chi connectivity index (χ0n) is 9.52. The summed E-state index contributed by atoms with van der Waals surface area (Å²) in [5.74, 6) is -1.75. The van der Waals surface area contributed by atoms with E-state index in [2.05, 4.69) is 15.9 Å². The minimum atomic E-state index is -0.940. The molecular formula is C11H11BrClNO3S. The van der Waals surface area contributed by atoms with Gasteiger partial charge in [0.2, 0.25) is 5.91 Å². The molecule has 0 bridgehead atoms. The SMILES string of the molecule is CCN1C(=O)CC(C(=O)O)C1c1cc(Br)c(Cl)s1. The van der Waals surface area contributed by atoms with Crippen LogP contribution in [0.15, 0.2) is 10.5 Å². The highest BCUT2D eigenvalue weighted by atomic mass is 79.9. The Hall–Kier alpha value is -0.590. The van der Waals surface area contributed by atoms with Gasteiger partial charge in [0, 0.05) is 22.3 Å². The topological polar surface area (TPSA) is 57.6 Å². The minimum absolute atomic E-state index is 0.0565. The zero-order valence-corrected chi connectivity index (χ0v) is 12.7. The number of amides is 1. The first-order valence-electron chi connectivity index (χ1n) is 5.42. The molecule has 2 rings (SSSR count). The van der Waals surface area contributed by atoms with E-state index in [4.69, 9.17) is 11.6 Å². The lowest BCUT2D eigenvalue weighted by Crippen LogP contribution is -2.29. The lowest BCUT2D eigenvalue weighted by molar-refractivity contribution is -0.142. The second-order valence-corrected chi connectivity index (χ2v) is 6.58. The fraction of sp³-hybridized carbons (Fsp3) is 0.455. The molecule has 0 aliphatic carbocycles. The van der Waals surface area contributed by atoms with Crippen LogP contribution in [0.2, 0.25) is 4.34 Å². The van der Waals surface area contributed by atoms with Crippen LogP contribution in [-0.2, 0) is 9.59 Å². The van der Waals surface area contributed by atoms with E-state index in [1.54, 1.807) is 11.0 Å². The first kappa shape index (κ1) is 13.8. The molecule has 7 heteroatoms. The normalized spacial score (nSPS) is 23.7. The highest BCUT2D eigenvalue weighted by Gasteiger charge is 2.44. The predicted octanol–water partition coefficient (Wildman–Crippen LogP) is 3.16. The van der Waals surface area contributed by atoms with Crippen LogP contribution in [0, 0.1) is 5.92 Å². The highest BCUT2D eigenvalue weighted by Crippen LogP contribution is 2.44. The first-order chi connectivity index (χ1) is 8.45. The van der Waals surface area contributed by atoms with E-state index in [0.717, 1.165) is 9.35 Å². The van der Waals surface area contributed by atoms with Crippen LogP contribution in [0.5, 0.6) is 0 Å². The number of likely N-dealkylation sites (tertiary alicyclic amines) is 1. The van der Waals surface area contributed by atoms with Crippen LogP contribution < -0.4 is 0 Å². The molecule has 1 saturated heterocycles. The molecule has 0 radical (unpaired) electrons. The number of halogens is 2. The molecule has 1 N–H and O–H groups in total. The molecule has 1 aromatic rings. The Morgan fingerprint density at radius 3 is 2.83 bits per heavy atom. The average molecular weight is 353 g/mol. The van der Waals surface area contributed by atoms with Crippen LogP contribution in [0.25, 0.3) is 0 Å². The molecular weight excluding hydrogens is 342 g/mol. The van der Waals surface area contributed by atoms with E-state index in [-0.39, 0.29) is 12.3 Å². The van der Waals surface area contributed by atoms with Gasteiger partial charge < -0.3 is 10.0 Å². The van der Waals surface area contributed by atoms with Gasteiger partial charge in [-0.25, -0.2) is 0 Å². The maximum atomic E-state index is 11.8. The summed E-state index contributed by atoms with van der Waals surface area (Å²) in [6.07, 6.45) is 0.0565. The Morgan fingerprint density at radius 1 is 1.72 bits per heavy atom. The van der Waals surface area contributed by atoms with Crippen molar-refractivity contribution in [3.63, 3.8) is 0 Å². The Labute approximate surface area is 122 Å². The highest BCUT2D eigenvalue weighted by molar-refractivity contribution is 9.10. The third kappa shape index (κ3) is 2.29. The summed E-state index contributed by atoms with van der Waals surface area (Å²) < 4.78 is 1.31. The maximum Gasteiger partial charge on any atom is 0.309 e. The molecule has 0 saturated carbocycles. The Kier molecular flexibility index (Phi) is 3.99. The zero-order chi connectivity index (χ0) is 13.4. The van der Waals surface area contributed by atoms with E-state index in [1.807, 2.05) is 6.92 Å². The smallest absolute Gasteiger partial charge is 0.309 e. The molecule has 4 nitrogen and oxygen atoms in total. The van der Waals surface area contributed by atoms with Gasteiger partial charge in [-0.05, 0) is 28.9 Å². The van der Waals surface area contributed by atoms with E-state index in [0.29, 0.717) is 10.9 Å². The number of nitrogens with zero attached hydrogens (tertiary/aromatic N) is 1. The van der Waals surface area contributed by atoms with E-state index < -0.39 is 17.9 Å². The molecule has 1 aliphatic heterocycles. The van der Waals surface area contributed by atoms with Crippen LogP contribution in [0.4, 0.5) is 0 Å². The average Bonchev–Trinajstić information content (AvgIpc) is 2.80. The fourth-order valence-electron chi connectivity index (χ4n) is 2.25. The fourth-order valence-corrected chi connectivity index (χ4v) is 4.16. The van der Waals surface area contributed by atoms with Crippen molar-refractivity contribution < 1.29 is 14.7 Å². The summed E-state index contributed by atoms with van der Waals surface area (Å²) in [5.41, 5.74) is 0. The van der Waals surface area contributed by atoms with Crippen molar-refractivity contribution in [2.45, 2.75) is 19.4 Å². The lowest BCUT2D eigenvalue weighted by Gasteiger charge is -2.24. The lowest BCUT2D eigenvalue weighted by atomic mass is 9.99. The van der Waals surface area contributed by atoms with E-state index >= 15 is 0 Å². The van der Waals surface area contributed by atoms with Crippen LogP contribution >= 0.6 is 38.9 Å². The van der Waals surface area contributed by atoms with Gasteiger partial charge in [-0.15, -0.1) is 11.3 Å². The van der Waals surface area contributed by atoms with Gasteiger partial charge in [-0.1, -0.05) is 11.6 Å². The molecule has 98 valence electrons. The monoisotopic (exact) mass is 351 g/mol. The number of hydrogen-bond acceptors (Lipinski definition) is 3. The molecule has 1 aliphatic rings. The second-order valence-electron chi connectivity index (χ2n) is 4.04. The van der Waals surface area contributed by atoms with E-state index in [1.165, 1.54) is 11.3 Å². The summed E-state index contributed by atoms with van der Waals surface area (Å²) >= 11 is 10.6. The van der Waals surface area contributed by atoms with Gasteiger partial charge in [0.25, 0.3) is 0 Å². The van der Waals surface area contributed by atoms with Crippen molar-refractivity contribution in [2.75, 3.05) is 6.54 Å². The summed E-state index contributed by atoms with van der Waals surface area (Å²) in [7, 11) is 0. The summed E-state index contributed by atoms with van der Waals surface area (Å²) in [5, 5.41) is 9.23. The molecule has 18 heavy (non-hydrogen) atoms. The van der Waals surface area contributed by atoms with Crippen molar-refractivity contribution in [3.05, 3.63) is 19.8 Å². The van der Waals surface area contributed by atoms with Crippen molar-refractivity contribution in [2.24, 2.45) is 5.92 Å². The molecule has 0 spiro atoms. The van der Waals surface area contributed by atoms with Crippen molar-refractivity contribution in [1.82, 2.24) is 4.90 Å². The molecule has 2 unspecified atom stereocenters. The Morgan fingerprint density at radius 2 is 2.39 bits per heavy atom. The number of carbonyl (C=O) groups excluding carboxylic acids is 1. The molecule has 1 aromatic heterocycles. The maximum absolute atomic E-state index is 11.8. The number of rotatable bonds is 3. The Balaban J connectivity index is 2.42.